The van der Waals surface area contributed by atoms with Crippen LogP contribution in [-0.4, -0.2) is 50.1 Å². The molecule has 1 heterocycles. The Balaban J connectivity index is 1.68. The molecule has 11 heteroatoms. The van der Waals surface area contributed by atoms with Crippen molar-refractivity contribution in [3.63, 3.8) is 0 Å². The van der Waals surface area contributed by atoms with Gasteiger partial charge in [-0.2, -0.15) is 5.10 Å². The average Bonchev–Trinajstić information content (AvgIpc) is 2.88. The Kier molecular flexibility index (Phi) is 9.84. The highest BCUT2D eigenvalue weighted by Crippen LogP contribution is 2.33. The van der Waals surface area contributed by atoms with Gasteiger partial charge >= 0.3 is 5.97 Å². The highest BCUT2D eigenvalue weighted by Gasteiger charge is 2.32. The van der Waals surface area contributed by atoms with Gasteiger partial charge in [0.15, 0.2) is 23.2 Å². The third-order valence-electron chi connectivity index (χ3n) is 5.24. The molecule has 0 unspecified atom stereocenters. The Morgan fingerprint density at radius 2 is 1.86 bits per heavy atom. The molecule has 0 aromatic heterocycles. The first-order chi connectivity index (χ1) is 17.9. The van der Waals surface area contributed by atoms with E-state index in [4.69, 9.17) is 31.2 Å². The summed E-state index contributed by atoms with van der Waals surface area (Å²) in [7, 11) is 1.55. The van der Waals surface area contributed by atoms with Crippen molar-refractivity contribution in [2.24, 2.45) is 5.10 Å². The largest absolute Gasteiger partial charge is 0.493 e. The van der Waals surface area contributed by atoms with Crippen LogP contribution in [0.15, 0.2) is 58.8 Å². The molecule has 10 nitrogen and oxygen atoms in total. The first-order valence-electron chi connectivity index (χ1n) is 11.7. The third-order valence-corrected chi connectivity index (χ3v) is 5.46. The molecule has 1 aliphatic heterocycles. The number of esters is 1. The van der Waals surface area contributed by atoms with E-state index in [1.54, 1.807) is 57.4 Å². The van der Waals surface area contributed by atoms with Crippen LogP contribution in [0.5, 0.6) is 17.2 Å². The molecule has 3 rings (SSSR count). The lowest BCUT2D eigenvalue weighted by Gasteiger charge is -2.30. The van der Waals surface area contributed by atoms with Crippen LogP contribution < -0.4 is 30.3 Å². The van der Waals surface area contributed by atoms with Gasteiger partial charge in [-0.05, 0) is 62.8 Å². The predicted molar refractivity (Wildman–Crippen MR) is 143 cm³/mol. The fraction of sp³-hybridized carbons (Fsp3) is 0.308. The number of ether oxygens (including phenoxy) is 4. The van der Waals surface area contributed by atoms with Gasteiger partial charge in [-0.1, -0.05) is 18.2 Å². The summed E-state index contributed by atoms with van der Waals surface area (Å²) in [5, 5.41) is 10.4. The van der Waals surface area contributed by atoms with Gasteiger partial charge in [0.25, 0.3) is 5.91 Å². The molecule has 2 aromatic carbocycles. The monoisotopic (exact) mass is 526 g/mol. The van der Waals surface area contributed by atoms with E-state index in [9.17, 15) is 9.59 Å². The number of hydrogen-bond donors (Lipinski definition) is 3. The zero-order valence-electron chi connectivity index (χ0n) is 21.1. The maximum absolute atomic E-state index is 12.7. The predicted octanol–water partition coefficient (Wildman–Crippen LogP) is 2.98. The number of methoxy groups -OCH3 is 1. The van der Waals surface area contributed by atoms with Gasteiger partial charge < -0.3 is 29.6 Å². The van der Waals surface area contributed by atoms with Crippen LogP contribution in [0.2, 0.25) is 0 Å². The van der Waals surface area contributed by atoms with Crippen LogP contribution in [0.4, 0.5) is 0 Å². The molecule has 2 aromatic rings. The number of nitrogens with zero attached hydrogens (tertiary/aromatic N) is 1. The summed E-state index contributed by atoms with van der Waals surface area (Å²) in [6.45, 7) is 5.83. The summed E-state index contributed by atoms with van der Waals surface area (Å²) < 4.78 is 21.8. The number of rotatable bonds is 11. The molecule has 0 saturated heterocycles. The minimum Gasteiger partial charge on any atom is -0.493 e. The van der Waals surface area contributed by atoms with E-state index in [0.717, 1.165) is 0 Å². The maximum Gasteiger partial charge on any atom is 0.338 e. The number of nitrogens with one attached hydrogen (secondary N) is 3. The number of para-hydroxylation sites is 1. The minimum atomic E-state index is -0.611. The number of allylic oxidation sites excluding steroid dienone is 1. The van der Waals surface area contributed by atoms with Crippen LogP contribution in [-0.2, 0) is 14.3 Å². The zero-order chi connectivity index (χ0) is 26.8. The van der Waals surface area contributed by atoms with Gasteiger partial charge in [0.1, 0.15) is 5.75 Å². The number of benzene rings is 2. The maximum atomic E-state index is 12.7. The van der Waals surface area contributed by atoms with Gasteiger partial charge in [0, 0.05) is 11.3 Å². The molecule has 0 saturated carbocycles. The molecule has 1 atom stereocenters. The van der Waals surface area contributed by atoms with Crippen molar-refractivity contribution in [3.05, 3.63) is 64.9 Å². The number of hydrogen-bond acceptors (Lipinski definition) is 8. The number of carbonyl (C=O) groups is 2. The molecule has 3 N–H and O–H groups in total. The molecule has 0 spiro atoms. The van der Waals surface area contributed by atoms with Gasteiger partial charge in [-0.25, -0.2) is 10.2 Å². The smallest absolute Gasteiger partial charge is 0.338 e. The molecule has 196 valence electrons. The lowest BCUT2D eigenvalue weighted by Crippen LogP contribution is -2.45. The molecule has 1 amide bonds. The number of hydrazone groups is 1. The van der Waals surface area contributed by atoms with Crippen molar-refractivity contribution in [3.8, 4) is 17.2 Å². The van der Waals surface area contributed by atoms with E-state index in [0.29, 0.717) is 51.4 Å². The van der Waals surface area contributed by atoms with Crippen molar-refractivity contribution >= 4 is 35.4 Å². The lowest BCUT2D eigenvalue weighted by molar-refractivity contribution is -0.139. The Morgan fingerprint density at radius 1 is 1.08 bits per heavy atom. The number of thiocarbonyl (C=S) groups is 1. The van der Waals surface area contributed by atoms with Crippen molar-refractivity contribution < 1.29 is 28.5 Å². The van der Waals surface area contributed by atoms with Crippen LogP contribution in [0, 0.1) is 0 Å². The van der Waals surface area contributed by atoms with E-state index < -0.39 is 17.9 Å². The van der Waals surface area contributed by atoms with E-state index in [1.807, 2.05) is 13.0 Å². The summed E-state index contributed by atoms with van der Waals surface area (Å²) in [5.41, 5.74) is 4.75. The first kappa shape index (κ1) is 27.5. The second-order valence-electron chi connectivity index (χ2n) is 7.75. The van der Waals surface area contributed by atoms with E-state index in [2.05, 4.69) is 21.2 Å². The Bertz CT molecular complexity index is 1210. The average molecular weight is 527 g/mol. The van der Waals surface area contributed by atoms with Crippen molar-refractivity contribution in [1.82, 2.24) is 16.1 Å². The molecular formula is C26H30N4O6S. The SMILES string of the molecule is CCOC(=O)C1=C(C)NC(=S)N[C@@H]1c1ccccc1OCC(=O)NN=Cc1ccc(OCC)c(OC)c1. The van der Waals surface area contributed by atoms with Gasteiger partial charge in [-0.15, -0.1) is 0 Å². The van der Waals surface area contributed by atoms with Crippen molar-refractivity contribution in [2.45, 2.75) is 26.8 Å². The quantitative estimate of drug-likeness (QED) is 0.176. The molecule has 0 fully saturated rings. The highest BCUT2D eigenvalue weighted by molar-refractivity contribution is 7.80. The molecular weight excluding hydrogens is 496 g/mol. The standard InChI is InChI=1S/C26H30N4O6S/c1-5-34-20-12-11-17(13-21(20)33-4)14-27-30-22(31)15-36-19-10-8-7-9-18(19)24-23(25(32)35-6-2)16(3)28-26(37)29-24/h7-14,24H,5-6,15H2,1-4H3,(H,30,31)(H2,28,29,37)/t24-/m1/s1. The molecule has 0 aliphatic carbocycles. The summed E-state index contributed by atoms with van der Waals surface area (Å²) in [6.07, 6.45) is 1.49. The van der Waals surface area contributed by atoms with E-state index in [1.165, 1.54) is 6.21 Å². The number of carbonyl (C=O) groups excluding carboxylic acids is 2. The fourth-order valence-electron chi connectivity index (χ4n) is 3.65. The normalized spacial score (nSPS) is 15.0. The van der Waals surface area contributed by atoms with Gasteiger partial charge in [-0.3, -0.25) is 4.79 Å². The van der Waals surface area contributed by atoms with Crippen LogP contribution >= 0.6 is 12.2 Å². The second-order valence-corrected chi connectivity index (χ2v) is 8.16. The summed E-state index contributed by atoms with van der Waals surface area (Å²) in [6, 6.07) is 11.8. The van der Waals surface area contributed by atoms with E-state index >= 15 is 0 Å². The Hall–Kier alpha value is -4.12. The van der Waals surface area contributed by atoms with Crippen molar-refractivity contribution in [1.29, 1.82) is 0 Å². The Labute approximate surface area is 221 Å². The van der Waals surface area contributed by atoms with Gasteiger partial charge in [0.2, 0.25) is 0 Å². The highest BCUT2D eigenvalue weighted by atomic mass is 32.1. The second kappa shape index (κ2) is 13.3. The van der Waals surface area contributed by atoms with Crippen LogP contribution in [0.3, 0.4) is 0 Å². The summed E-state index contributed by atoms with van der Waals surface area (Å²) in [5.74, 6) is 0.665. The zero-order valence-corrected chi connectivity index (χ0v) is 21.9. The summed E-state index contributed by atoms with van der Waals surface area (Å²) >= 11 is 5.29. The van der Waals surface area contributed by atoms with Gasteiger partial charge in [0.05, 0.1) is 38.2 Å². The molecule has 0 bridgehead atoms. The third kappa shape index (κ3) is 7.20. The molecule has 1 aliphatic rings. The fourth-order valence-corrected chi connectivity index (χ4v) is 3.92. The molecule has 0 radical (unpaired) electrons. The van der Waals surface area contributed by atoms with Crippen LogP contribution in [0.1, 0.15) is 37.9 Å². The topological polar surface area (TPSA) is 120 Å². The Morgan fingerprint density at radius 3 is 2.59 bits per heavy atom. The summed E-state index contributed by atoms with van der Waals surface area (Å²) in [4.78, 5) is 25.1. The lowest BCUT2D eigenvalue weighted by atomic mass is 9.95. The van der Waals surface area contributed by atoms with E-state index in [-0.39, 0.29) is 13.2 Å². The first-order valence-corrected chi connectivity index (χ1v) is 12.1. The number of amides is 1. The van der Waals surface area contributed by atoms with Crippen molar-refractivity contribution in [2.75, 3.05) is 26.9 Å². The molecule has 37 heavy (non-hydrogen) atoms. The minimum absolute atomic E-state index is 0.231. The van der Waals surface area contributed by atoms with Crippen LogP contribution in [0.25, 0.3) is 0 Å².